The molecule has 2 N–H and O–H groups in total. The number of nitrogens with two attached hydrogens (primary N) is 1. The van der Waals surface area contributed by atoms with E-state index in [2.05, 4.69) is 11.9 Å². The molecule has 1 aliphatic rings. The van der Waals surface area contributed by atoms with Gasteiger partial charge in [0.1, 0.15) is 5.69 Å². The van der Waals surface area contributed by atoms with Crippen LogP contribution in [0.1, 0.15) is 43.1 Å². The fourth-order valence-electron chi connectivity index (χ4n) is 2.74. The number of rotatable bonds is 2. The molecule has 1 aliphatic carbocycles. The highest BCUT2D eigenvalue weighted by atomic mass is 16.2. The molecule has 1 saturated carbocycles. The van der Waals surface area contributed by atoms with Crippen molar-refractivity contribution >= 4 is 11.6 Å². The van der Waals surface area contributed by atoms with Crippen LogP contribution < -0.4 is 5.73 Å². The van der Waals surface area contributed by atoms with E-state index in [9.17, 15) is 4.79 Å². The van der Waals surface area contributed by atoms with Gasteiger partial charge in [-0.25, -0.2) is 4.98 Å². The maximum Gasteiger partial charge on any atom is 0.272 e. The van der Waals surface area contributed by atoms with E-state index in [4.69, 9.17) is 5.73 Å². The molecule has 1 aromatic rings. The van der Waals surface area contributed by atoms with Gasteiger partial charge in [-0.15, -0.1) is 0 Å². The Kier molecular flexibility index (Phi) is 3.84. The lowest BCUT2D eigenvalue weighted by atomic mass is 9.85. The molecule has 4 heteroatoms. The Morgan fingerprint density at radius 2 is 2.11 bits per heavy atom. The number of pyridine rings is 1. The van der Waals surface area contributed by atoms with Gasteiger partial charge in [-0.3, -0.25) is 4.79 Å². The van der Waals surface area contributed by atoms with Crippen LogP contribution in [-0.4, -0.2) is 28.9 Å². The fourth-order valence-corrected chi connectivity index (χ4v) is 2.74. The minimum atomic E-state index is -0.00579. The highest BCUT2D eigenvalue weighted by Crippen LogP contribution is 2.28. The van der Waals surface area contributed by atoms with Crippen molar-refractivity contribution in [3.05, 3.63) is 24.0 Å². The van der Waals surface area contributed by atoms with Crippen LogP contribution >= 0.6 is 0 Å². The Labute approximate surface area is 108 Å². The van der Waals surface area contributed by atoms with E-state index in [1.165, 1.54) is 25.5 Å². The number of carbonyl (C=O) groups is 1. The number of nitrogen functional groups attached to an aromatic ring is 1. The maximum absolute atomic E-state index is 12.3. The predicted octanol–water partition coefficient (Wildman–Crippen LogP) is 2.31. The molecule has 98 valence electrons. The second-order valence-corrected chi connectivity index (χ2v) is 5.22. The SMILES string of the molecule is CC1CCCCC1N(C)C(=O)c1ccc(N)cn1. The first-order valence-corrected chi connectivity index (χ1v) is 6.58. The quantitative estimate of drug-likeness (QED) is 0.872. The molecule has 1 heterocycles. The topological polar surface area (TPSA) is 59.2 Å². The van der Waals surface area contributed by atoms with Crippen molar-refractivity contribution in [1.29, 1.82) is 0 Å². The summed E-state index contributed by atoms with van der Waals surface area (Å²) in [5.41, 5.74) is 6.64. The van der Waals surface area contributed by atoms with Gasteiger partial charge >= 0.3 is 0 Å². The standard InChI is InChI=1S/C14H21N3O/c1-10-5-3-4-6-13(10)17(2)14(18)12-8-7-11(15)9-16-12/h7-10,13H,3-6,15H2,1-2H3. The zero-order valence-corrected chi connectivity index (χ0v) is 11.1. The second kappa shape index (κ2) is 5.38. The molecule has 1 amide bonds. The number of aromatic nitrogens is 1. The van der Waals surface area contributed by atoms with E-state index in [1.54, 1.807) is 12.1 Å². The van der Waals surface area contributed by atoms with Crippen LogP contribution in [0, 0.1) is 5.92 Å². The first-order chi connectivity index (χ1) is 8.59. The number of anilines is 1. The lowest BCUT2D eigenvalue weighted by Gasteiger charge is -2.36. The van der Waals surface area contributed by atoms with Crippen molar-refractivity contribution in [2.45, 2.75) is 38.6 Å². The molecule has 1 aromatic heterocycles. The average Bonchev–Trinajstić information content (AvgIpc) is 2.38. The molecular formula is C14H21N3O. The summed E-state index contributed by atoms with van der Waals surface area (Å²) in [6, 6.07) is 3.76. The van der Waals surface area contributed by atoms with E-state index >= 15 is 0 Å². The third kappa shape index (κ3) is 2.63. The molecular weight excluding hydrogens is 226 g/mol. The van der Waals surface area contributed by atoms with Crippen LogP contribution in [0.2, 0.25) is 0 Å². The molecule has 1 fully saturated rings. The van der Waals surface area contributed by atoms with Crippen molar-refractivity contribution in [2.75, 3.05) is 12.8 Å². The van der Waals surface area contributed by atoms with Crippen LogP contribution in [0.4, 0.5) is 5.69 Å². The molecule has 0 bridgehead atoms. The van der Waals surface area contributed by atoms with Crippen molar-refractivity contribution in [2.24, 2.45) is 5.92 Å². The zero-order chi connectivity index (χ0) is 13.1. The number of carbonyl (C=O) groups excluding carboxylic acids is 1. The summed E-state index contributed by atoms with van der Waals surface area (Å²) < 4.78 is 0. The normalized spacial score (nSPS) is 23.7. The van der Waals surface area contributed by atoms with E-state index in [1.807, 2.05) is 11.9 Å². The second-order valence-electron chi connectivity index (χ2n) is 5.22. The van der Waals surface area contributed by atoms with E-state index < -0.39 is 0 Å². The van der Waals surface area contributed by atoms with Crippen LogP contribution in [-0.2, 0) is 0 Å². The van der Waals surface area contributed by atoms with Gasteiger partial charge in [0.25, 0.3) is 5.91 Å². The molecule has 2 rings (SSSR count). The third-order valence-electron chi connectivity index (χ3n) is 3.89. The molecule has 0 spiro atoms. The molecule has 18 heavy (non-hydrogen) atoms. The molecule has 0 aromatic carbocycles. The van der Waals surface area contributed by atoms with E-state index in [0.29, 0.717) is 23.3 Å². The van der Waals surface area contributed by atoms with Crippen molar-refractivity contribution < 1.29 is 4.79 Å². The number of nitrogens with zero attached hydrogens (tertiary/aromatic N) is 2. The Morgan fingerprint density at radius 1 is 1.39 bits per heavy atom. The highest BCUT2D eigenvalue weighted by molar-refractivity contribution is 5.92. The molecule has 0 saturated heterocycles. The number of hydrogen-bond acceptors (Lipinski definition) is 3. The van der Waals surface area contributed by atoms with Gasteiger partial charge in [-0.2, -0.15) is 0 Å². The van der Waals surface area contributed by atoms with Crippen LogP contribution in [0.3, 0.4) is 0 Å². The predicted molar refractivity (Wildman–Crippen MR) is 72.2 cm³/mol. The largest absolute Gasteiger partial charge is 0.397 e. The molecule has 2 unspecified atom stereocenters. The van der Waals surface area contributed by atoms with E-state index in [0.717, 1.165) is 6.42 Å². The summed E-state index contributed by atoms with van der Waals surface area (Å²) in [4.78, 5) is 18.3. The molecule has 0 aliphatic heterocycles. The van der Waals surface area contributed by atoms with Crippen molar-refractivity contribution in [3.63, 3.8) is 0 Å². The van der Waals surface area contributed by atoms with Crippen LogP contribution in [0.15, 0.2) is 18.3 Å². The third-order valence-corrected chi connectivity index (χ3v) is 3.89. The van der Waals surface area contributed by atoms with E-state index in [-0.39, 0.29) is 5.91 Å². The first kappa shape index (κ1) is 12.9. The maximum atomic E-state index is 12.3. The summed E-state index contributed by atoms with van der Waals surface area (Å²) in [7, 11) is 1.88. The molecule has 4 nitrogen and oxygen atoms in total. The van der Waals surface area contributed by atoms with Gasteiger partial charge in [0.2, 0.25) is 0 Å². The highest BCUT2D eigenvalue weighted by Gasteiger charge is 2.28. The summed E-state index contributed by atoms with van der Waals surface area (Å²) in [5.74, 6) is 0.565. The average molecular weight is 247 g/mol. The van der Waals surface area contributed by atoms with Gasteiger partial charge in [0.05, 0.1) is 11.9 Å². The molecule has 2 atom stereocenters. The van der Waals surface area contributed by atoms with Gasteiger partial charge in [0.15, 0.2) is 0 Å². The van der Waals surface area contributed by atoms with Gasteiger partial charge in [-0.05, 0) is 30.9 Å². The summed E-state index contributed by atoms with van der Waals surface area (Å²) in [6.07, 6.45) is 6.32. The Morgan fingerprint density at radius 3 is 2.72 bits per heavy atom. The number of amides is 1. The first-order valence-electron chi connectivity index (χ1n) is 6.58. The number of hydrogen-bond donors (Lipinski definition) is 1. The minimum Gasteiger partial charge on any atom is -0.397 e. The lowest BCUT2D eigenvalue weighted by molar-refractivity contribution is 0.0623. The molecule has 0 radical (unpaired) electrons. The Hall–Kier alpha value is -1.58. The Balaban J connectivity index is 2.10. The summed E-state index contributed by atoms with van der Waals surface area (Å²) in [5, 5.41) is 0. The van der Waals surface area contributed by atoms with Crippen LogP contribution in [0.25, 0.3) is 0 Å². The smallest absolute Gasteiger partial charge is 0.272 e. The van der Waals surface area contributed by atoms with Gasteiger partial charge in [0, 0.05) is 13.1 Å². The zero-order valence-electron chi connectivity index (χ0n) is 11.1. The van der Waals surface area contributed by atoms with Gasteiger partial charge < -0.3 is 10.6 Å². The van der Waals surface area contributed by atoms with Crippen LogP contribution in [0.5, 0.6) is 0 Å². The summed E-state index contributed by atoms with van der Waals surface area (Å²) >= 11 is 0. The van der Waals surface area contributed by atoms with Crippen molar-refractivity contribution in [1.82, 2.24) is 9.88 Å². The lowest BCUT2D eigenvalue weighted by Crippen LogP contribution is -2.42. The Bertz CT molecular complexity index is 416. The fraction of sp³-hybridized carbons (Fsp3) is 0.571. The van der Waals surface area contributed by atoms with Crippen molar-refractivity contribution in [3.8, 4) is 0 Å². The summed E-state index contributed by atoms with van der Waals surface area (Å²) in [6.45, 7) is 2.23. The van der Waals surface area contributed by atoms with Gasteiger partial charge in [-0.1, -0.05) is 19.8 Å². The monoisotopic (exact) mass is 247 g/mol. The minimum absolute atomic E-state index is 0.00579.